The van der Waals surface area contributed by atoms with Gasteiger partial charge in [0.25, 0.3) is 5.91 Å². The van der Waals surface area contributed by atoms with Gasteiger partial charge >= 0.3 is 5.97 Å². The second kappa shape index (κ2) is 7.54. The molecule has 0 unspecified atom stereocenters. The minimum Gasteiger partial charge on any atom is -0.455 e. The molecule has 0 aromatic heterocycles. The van der Waals surface area contributed by atoms with Gasteiger partial charge in [-0.3, -0.25) is 9.59 Å². The Kier molecular flexibility index (Phi) is 5.46. The van der Waals surface area contributed by atoms with Gasteiger partial charge in [-0.2, -0.15) is 0 Å². The third-order valence-electron chi connectivity index (χ3n) is 3.54. The number of nitrogens with one attached hydrogen (secondary N) is 1. The lowest BCUT2D eigenvalue weighted by molar-refractivity contribution is -0.146. The SMILES string of the molecule is Cc1cccc(NC(=O)COC(=O)Cc2ccccc2F)c1C. The van der Waals surface area contributed by atoms with Crippen molar-refractivity contribution in [2.75, 3.05) is 11.9 Å². The van der Waals surface area contributed by atoms with Crippen LogP contribution in [0.2, 0.25) is 0 Å². The van der Waals surface area contributed by atoms with Gasteiger partial charge in [-0.05, 0) is 42.7 Å². The molecule has 23 heavy (non-hydrogen) atoms. The lowest BCUT2D eigenvalue weighted by Crippen LogP contribution is -2.22. The molecule has 2 aromatic rings. The fourth-order valence-electron chi connectivity index (χ4n) is 2.07. The number of rotatable bonds is 5. The van der Waals surface area contributed by atoms with Crippen molar-refractivity contribution in [3.8, 4) is 0 Å². The molecule has 4 nitrogen and oxygen atoms in total. The van der Waals surface area contributed by atoms with Crippen LogP contribution in [0, 0.1) is 19.7 Å². The van der Waals surface area contributed by atoms with Crippen LogP contribution >= 0.6 is 0 Å². The van der Waals surface area contributed by atoms with Crippen LogP contribution in [0.15, 0.2) is 42.5 Å². The van der Waals surface area contributed by atoms with Gasteiger partial charge in [0.05, 0.1) is 6.42 Å². The first-order chi connectivity index (χ1) is 11.0. The molecule has 0 heterocycles. The van der Waals surface area contributed by atoms with E-state index in [1.165, 1.54) is 12.1 Å². The van der Waals surface area contributed by atoms with Crippen LogP contribution in [0.5, 0.6) is 0 Å². The Morgan fingerprint density at radius 2 is 1.83 bits per heavy atom. The molecular weight excluding hydrogens is 297 g/mol. The highest BCUT2D eigenvalue weighted by atomic mass is 19.1. The normalized spacial score (nSPS) is 10.2. The van der Waals surface area contributed by atoms with Crippen molar-refractivity contribution in [3.63, 3.8) is 0 Å². The first kappa shape index (κ1) is 16.7. The molecular formula is C18H18FNO3. The van der Waals surface area contributed by atoms with Gasteiger partial charge in [0, 0.05) is 5.69 Å². The van der Waals surface area contributed by atoms with E-state index in [4.69, 9.17) is 4.74 Å². The first-order valence-corrected chi connectivity index (χ1v) is 7.22. The molecule has 0 saturated heterocycles. The van der Waals surface area contributed by atoms with Gasteiger partial charge in [-0.1, -0.05) is 30.3 Å². The highest BCUT2D eigenvalue weighted by molar-refractivity contribution is 5.93. The van der Waals surface area contributed by atoms with Crippen LogP contribution in [0.4, 0.5) is 10.1 Å². The molecule has 1 N–H and O–H groups in total. The van der Waals surface area contributed by atoms with Crippen molar-refractivity contribution in [1.82, 2.24) is 0 Å². The Labute approximate surface area is 134 Å². The molecule has 120 valence electrons. The first-order valence-electron chi connectivity index (χ1n) is 7.22. The average molecular weight is 315 g/mol. The zero-order chi connectivity index (χ0) is 16.8. The Balaban J connectivity index is 1.86. The van der Waals surface area contributed by atoms with Crippen molar-refractivity contribution in [1.29, 1.82) is 0 Å². The summed E-state index contributed by atoms with van der Waals surface area (Å²) >= 11 is 0. The Morgan fingerprint density at radius 1 is 1.09 bits per heavy atom. The number of aryl methyl sites for hydroxylation is 1. The molecule has 0 aliphatic rings. The van der Waals surface area contributed by atoms with E-state index >= 15 is 0 Å². The molecule has 1 amide bonds. The number of esters is 1. The molecule has 0 aliphatic carbocycles. The van der Waals surface area contributed by atoms with Crippen molar-refractivity contribution in [3.05, 3.63) is 65.0 Å². The Morgan fingerprint density at radius 3 is 2.57 bits per heavy atom. The zero-order valence-electron chi connectivity index (χ0n) is 13.1. The summed E-state index contributed by atoms with van der Waals surface area (Å²) in [5, 5.41) is 2.69. The van der Waals surface area contributed by atoms with E-state index in [0.717, 1.165) is 11.1 Å². The van der Waals surface area contributed by atoms with Crippen LogP contribution in [0.1, 0.15) is 16.7 Å². The van der Waals surface area contributed by atoms with Gasteiger partial charge < -0.3 is 10.1 Å². The van der Waals surface area contributed by atoms with Crippen LogP contribution in [-0.4, -0.2) is 18.5 Å². The summed E-state index contributed by atoms with van der Waals surface area (Å²) < 4.78 is 18.3. The molecule has 0 atom stereocenters. The molecule has 5 heteroatoms. The lowest BCUT2D eigenvalue weighted by atomic mass is 10.1. The van der Waals surface area contributed by atoms with Gasteiger partial charge in [0.15, 0.2) is 6.61 Å². The maximum atomic E-state index is 13.4. The topological polar surface area (TPSA) is 55.4 Å². The summed E-state index contributed by atoms with van der Waals surface area (Å²) in [5.74, 6) is -1.55. The monoisotopic (exact) mass is 315 g/mol. The molecule has 0 fully saturated rings. The summed E-state index contributed by atoms with van der Waals surface area (Å²) in [6.07, 6.45) is -0.205. The highest BCUT2D eigenvalue weighted by Gasteiger charge is 2.12. The van der Waals surface area contributed by atoms with Crippen LogP contribution in [-0.2, 0) is 20.7 Å². The maximum Gasteiger partial charge on any atom is 0.310 e. The number of ether oxygens (including phenoxy) is 1. The lowest BCUT2D eigenvalue weighted by Gasteiger charge is -2.10. The number of benzene rings is 2. The van der Waals surface area contributed by atoms with E-state index in [-0.39, 0.29) is 12.0 Å². The van der Waals surface area contributed by atoms with E-state index in [1.807, 2.05) is 26.0 Å². The number of hydrogen-bond donors (Lipinski definition) is 1. The molecule has 2 aromatic carbocycles. The number of carbonyl (C=O) groups excluding carboxylic acids is 2. The second-order valence-corrected chi connectivity index (χ2v) is 5.22. The van der Waals surface area contributed by atoms with E-state index in [0.29, 0.717) is 5.69 Å². The summed E-state index contributed by atoms with van der Waals surface area (Å²) in [4.78, 5) is 23.5. The van der Waals surface area contributed by atoms with E-state index in [1.54, 1.807) is 18.2 Å². The second-order valence-electron chi connectivity index (χ2n) is 5.22. The van der Waals surface area contributed by atoms with Crippen LogP contribution in [0.3, 0.4) is 0 Å². The fraction of sp³-hybridized carbons (Fsp3) is 0.222. The Bertz CT molecular complexity index is 728. The number of carbonyl (C=O) groups is 2. The van der Waals surface area contributed by atoms with E-state index in [2.05, 4.69) is 5.32 Å². The largest absolute Gasteiger partial charge is 0.455 e. The van der Waals surface area contributed by atoms with E-state index < -0.39 is 24.3 Å². The summed E-state index contributed by atoms with van der Waals surface area (Å²) in [6.45, 7) is 3.44. The van der Waals surface area contributed by atoms with E-state index in [9.17, 15) is 14.0 Å². The number of halogens is 1. The highest BCUT2D eigenvalue weighted by Crippen LogP contribution is 2.17. The Hall–Kier alpha value is -2.69. The van der Waals surface area contributed by atoms with Gasteiger partial charge in [0.1, 0.15) is 5.82 Å². The number of anilines is 1. The predicted octanol–water partition coefficient (Wildman–Crippen LogP) is 3.17. The van der Waals surface area contributed by atoms with Gasteiger partial charge in [0.2, 0.25) is 0 Å². The summed E-state index contributed by atoms with van der Waals surface area (Å²) in [5.41, 5.74) is 2.94. The van der Waals surface area contributed by atoms with Crippen LogP contribution in [0.25, 0.3) is 0 Å². The van der Waals surface area contributed by atoms with Crippen molar-refractivity contribution in [2.45, 2.75) is 20.3 Å². The minimum atomic E-state index is -0.647. The predicted molar refractivity (Wildman–Crippen MR) is 85.6 cm³/mol. The standard InChI is InChI=1S/C18H18FNO3/c1-12-6-5-9-16(13(12)2)20-17(21)11-23-18(22)10-14-7-3-4-8-15(14)19/h3-9H,10-11H2,1-2H3,(H,20,21). The summed E-state index contributed by atoms with van der Waals surface area (Å²) in [6, 6.07) is 11.5. The molecule has 0 radical (unpaired) electrons. The number of hydrogen-bond acceptors (Lipinski definition) is 3. The number of amides is 1. The smallest absolute Gasteiger partial charge is 0.310 e. The fourth-order valence-corrected chi connectivity index (χ4v) is 2.07. The third-order valence-corrected chi connectivity index (χ3v) is 3.54. The zero-order valence-corrected chi connectivity index (χ0v) is 13.1. The minimum absolute atomic E-state index is 0.205. The molecule has 0 bridgehead atoms. The van der Waals surface area contributed by atoms with Gasteiger partial charge in [-0.25, -0.2) is 4.39 Å². The van der Waals surface area contributed by atoms with Crippen molar-refractivity contribution in [2.24, 2.45) is 0 Å². The quantitative estimate of drug-likeness (QED) is 0.862. The summed E-state index contributed by atoms with van der Waals surface area (Å²) in [7, 11) is 0. The molecule has 0 spiro atoms. The molecule has 2 rings (SSSR count). The molecule has 0 aliphatic heterocycles. The third kappa shape index (κ3) is 4.64. The maximum absolute atomic E-state index is 13.4. The average Bonchev–Trinajstić information content (AvgIpc) is 2.52. The van der Waals surface area contributed by atoms with Crippen molar-refractivity contribution >= 4 is 17.6 Å². The van der Waals surface area contributed by atoms with Crippen LogP contribution < -0.4 is 5.32 Å². The molecule has 0 saturated carbocycles. The van der Waals surface area contributed by atoms with Crippen molar-refractivity contribution < 1.29 is 18.7 Å². The van der Waals surface area contributed by atoms with Gasteiger partial charge in [-0.15, -0.1) is 0 Å².